The van der Waals surface area contributed by atoms with Crippen LogP contribution in [0.2, 0.25) is 0 Å². The molecule has 0 radical (unpaired) electrons. The maximum atomic E-state index is 9.15. The van der Waals surface area contributed by atoms with Crippen LogP contribution in [0.5, 0.6) is 0 Å². The molecule has 1 aromatic heterocycles. The van der Waals surface area contributed by atoms with Gasteiger partial charge in [0.2, 0.25) is 0 Å². The third-order valence-electron chi connectivity index (χ3n) is 6.94. The summed E-state index contributed by atoms with van der Waals surface area (Å²) in [7, 11) is 9.59. The number of aromatic nitrogens is 1. The van der Waals surface area contributed by atoms with Crippen LogP contribution in [0.1, 0.15) is 69.2 Å². The SMILES string of the molecule is OCCCSc1cc2nc(c1)CN[C@@H]1CCCC[C@H]1NCCN[C@@H]1CCCC[C@H]1[N-]C2.[Cl][Mn][Cl]. The van der Waals surface area contributed by atoms with Crippen LogP contribution in [0.3, 0.4) is 0 Å². The molecule has 0 spiro atoms. The van der Waals surface area contributed by atoms with Crippen LogP contribution < -0.4 is 16.0 Å². The van der Waals surface area contributed by atoms with E-state index in [1.54, 1.807) is 0 Å². The fourth-order valence-corrected chi connectivity index (χ4v) is 6.23. The van der Waals surface area contributed by atoms with Crippen molar-refractivity contribution >= 4 is 32.0 Å². The Morgan fingerprint density at radius 1 is 0.941 bits per heavy atom. The van der Waals surface area contributed by atoms with Gasteiger partial charge < -0.3 is 26.4 Å². The molecule has 0 saturated heterocycles. The van der Waals surface area contributed by atoms with Crippen LogP contribution in [0.4, 0.5) is 0 Å². The minimum atomic E-state index is 0.00694. The van der Waals surface area contributed by atoms with Crippen LogP contribution in [-0.2, 0) is 26.2 Å². The first-order valence-electron chi connectivity index (χ1n) is 12.7. The molecule has 4 rings (SSSR count). The number of aliphatic hydroxyl groups excluding tert-OH is 1. The van der Waals surface area contributed by atoms with Gasteiger partial charge in [0.1, 0.15) is 0 Å². The van der Waals surface area contributed by atoms with E-state index < -0.39 is 0 Å². The van der Waals surface area contributed by atoms with Crippen molar-refractivity contribution in [3.63, 3.8) is 0 Å². The summed E-state index contributed by atoms with van der Waals surface area (Å²) in [6.07, 6.45) is 11.0. The molecule has 195 valence electrons. The van der Waals surface area contributed by atoms with Gasteiger partial charge in [-0.2, -0.15) is 0 Å². The van der Waals surface area contributed by atoms with Crippen molar-refractivity contribution in [2.45, 2.75) is 99.9 Å². The quantitative estimate of drug-likeness (QED) is 0.238. The first-order valence-corrected chi connectivity index (χ1v) is 16.9. The van der Waals surface area contributed by atoms with Crippen molar-refractivity contribution in [1.82, 2.24) is 20.9 Å². The number of pyridine rings is 1. The number of aliphatic hydroxyl groups is 1. The molecule has 0 amide bonds. The predicted molar refractivity (Wildman–Crippen MR) is 140 cm³/mol. The molecule has 2 aliphatic carbocycles. The molecule has 1 aliphatic heterocycles. The molecule has 10 heteroatoms. The van der Waals surface area contributed by atoms with Crippen LogP contribution in [0, 0.1) is 0 Å². The Morgan fingerprint density at radius 2 is 1.56 bits per heavy atom. The average molecular weight is 573 g/mol. The van der Waals surface area contributed by atoms with Crippen molar-refractivity contribution in [1.29, 1.82) is 0 Å². The maximum absolute atomic E-state index is 9.15. The molecule has 4 N–H and O–H groups in total. The van der Waals surface area contributed by atoms with Gasteiger partial charge in [-0.3, -0.25) is 4.98 Å². The van der Waals surface area contributed by atoms with Gasteiger partial charge in [0.15, 0.2) is 0 Å². The molecule has 2 saturated carbocycles. The first kappa shape index (κ1) is 29.0. The number of fused-ring (bicyclic) bond motifs is 4. The third-order valence-corrected chi connectivity index (χ3v) is 8.00. The Hall–Kier alpha value is 0.399. The number of hydrogen-bond acceptors (Lipinski definition) is 6. The first-order chi connectivity index (χ1) is 16.7. The minimum absolute atomic E-state index is 0.00694. The molecule has 3 aliphatic rings. The van der Waals surface area contributed by atoms with Gasteiger partial charge in [-0.1, -0.05) is 32.1 Å². The van der Waals surface area contributed by atoms with E-state index in [1.165, 1.54) is 56.3 Å². The molecule has 4 atom stereocenters. The molecule has 0 unspecified atom stereocenters. The molecule has 2 fully saturated rings. The topological polar surface area (TPSA) is 83.3 Å². The van der Waals surface area contributed by atoms with E-state index in [9.17, 15) is 0 Å². The van der Waals surface area contributed by atoms with Crippen LogP contribution in [0.25, 0.3) is 5.32 Å². The van der Waals surface area contributed by atoms with Crippen molar-refractivity contribution in [2.75, 3.05) is 25.4 Å². The Kier molecular flexibility index (Phi) is 14.5. The van der Waals surface area contributed by atoms with Gasteiger partial charge in [-0.15, -0.1) is 24.3 Å². The van der Waals surface area contributed by atoms with E-state index in [0.717, 1.165) is 43.2 Å². The molecule has 2 bridgehead atoms. The summed E-state index contributed by atoms with van der Waals surface area (Å²) in [5.74, 6) is 0.938. The second-order valence-electron chi connectivity index (χ2n) is 9.35. The van der Waals surface area contributed by atoms with Crippen LogP contribution in [-0.4, -0.2) is 59.7 Å². The van der Waals surface area contributed by atoms with Gasteiger partial charge in [0.25, 0.3) is 0 Å². The van der Waals surface area contributed by atoms with E-state index in [1.807, 2.05) is 11.8 Å². The van der Waals surface area contributed by atoms with E-state index in [2.05, 4.69) is 28.1 Å². The number of halogens is 2. The molecular formula is C24H40Cl2MnN5OS-. The number of nitrogens with zero attached hydrogens (tertiary/aromatic N) is 2. The van der Waals surface area contributed by atoms with Crippen LogP contribution >= 0.6 is 32.0 Å². The Balaban J connectivity index is 0.00000103. The summed E-state index contributed by atoms with van der Waals surface area (Å²) in [4.78, 5) is 6.24. The average Bonchev–Trinajstić information content (AvgIpc) is 2.86. The standard InChI is InChI=1S/C24H40N5OS.2ClH.Mn/c30-12-5-13-31-20-14-18-16-27-23-8-3-1-6-21(23)25-10-11-26-22-7-2-4-9-24(22)28-17-19(15-20)29-18;;;/h14-15,21-27,30H,1-13,16-17H2;2*1H;/q-1;;;+2/p-2/t21-,22-,23-,24-;;;/m1.../s1. The summed E-state index contributed by atoms with van der Waals surface area (Å²) >= 11 is 1.83. The summed E-state index contributed by atoms with van der Waals surface area (Å²) < 4.78 is 0. The Morgan fingerprint density at radius 3 is 2.29 bits per heavy atom. The van der Waals surface area contributed by atoms with E-state index >= 15 is 0 Å². The Labute approximate surface area is 224 Å². The van der Waals surface area contributed by atoms with Crippen molar-refractivity contribution in [2.24, 2.45) is 0 Å². The third kappa shape index (κ3) is 10.0. The molecule has 0 aromatic carbocycles. The zero-order valence-corrected chi connectivity index (χ0v) is 23.5. The van der Waals surface area contributed by atoms with E-state index in [4.69, 9.17) is 35.6 Å². The van der Waals surface area contributed by atoms with E-state index in [-0.39, 0.29) is 19.7 Å². The summed E-state index contributed by atoms with van der Waals surface area (Å²) in [5, 5.41) is 25.7. The molecule has 1 aromatic rings. The predicted octanol–water partition coefficient (Wildman–Crippen LogP) is 4.71. The number of rotatable bonds is 4. The molecule has 6 nitrogen and oxygen atoms in total. The fourth-order valence-electron chi connectivity index (χ4n) is 5.28. The Bertz CT molecular complexity index is 659. The van der Waals surface area contributed by atoms with Crippen molar-refractivity contribution in [3.8, 4) is 0 Å². The summed E-state index contributed by atoms with van der Waals surface area (Å²) in [5.41, 5.74) is 2.21. The fraction of sp³-hybridized carbons (Fsp3) is 0.792. The second-order valence-corrected chi connectivity index (χ2v) is 12.5. The van der Waals surface area contributed by atoms with Crippen molar-refractivity contribution in [3.05, 3.63) is 28.8 Å². The van der Waals surface area contributed by atoms with Gasteiger partial charge in [0, 0.05) is 54.7 Å². The number of nitrogens with one attached hydrogen (secondary N) is 3. The summed E-state index contributed by atoms with van der Waals surface area (Å²) in [6.45, 7) is 3.82. The zero-order chi connectivity index (χ0) is 24.0. The molecular weight excluding hydrogens is 532 g/mol. The van der Waals surface area contributed by atoms with Gasteiger partial charge in [-0.25, -0.2) is 0 Å². The summed E-state index contributed by atoms with van der Waals surface area (Å²) in [6, 6.07) is 6.41. The van der Waals surface area contributed by atoms with Gasteiger partial charge >= 0.3 is 33.3 Å². The van der Waals surface area contributed by atoms with Crippen molar-refractivity contribution < 1.29 is 18.2 Å². The van der Waals surface area contributed by atoms with Crippen LogP contribution in [0.15, 0.2) is 17.0 Å². The van der Waals surface area contributed by atoms with Gasteiger partial charge in [-0.05, 0) is 43.9 Å². The molecule has 2 heterocycles. The molecule has 34 heavy (non-hydrogen) atoms. The number of hydrogen-bond donors (Lipinski definition) is 4. The monoisotopic (exact) mass is 571 g/mol. The second kappa shape index (κ2) is 17.0. The van der Waals surface area contributed by atoms with E-state index in [0.29, 0.717) is 30.7 Å². The normalized spacial score (nSPS) is 28.3. The number of thioether (sulfide) groups is 1. The van der Waals surface area contributed by atoms with Gasteiger partial charge in [0.05, 0.1) is 5.69 Å². The zero-order valence-electron chi connectivity index (χ0n) is 20.0.